The monoisotopic (exact) mass is 454 g/mol. The number of benzene rings is 1. The summed E-state index contributed by atoms with van der Waals surface area (Å²) in [4.78, 5) is 21.4. The number of nitrogens with zero attached hydrogens (tertiary/aromatic N) is 4. The highest BCUT2D eigenvalue weighted by Crippen LogP contribution is 2.32. The molecule has 7 nitrogen and oxygen atoms in total. The predicted molar refractivity (Wildman–Crippen MR) is 122 cm³/mol. The molecule has 4 rings (SSSR count). The molecule has 33 heavy (non-hydrogen) atoms. The summed E-state index contributed by atoms with van der Waals surface area (Å²) in [5.74, 6) is -0.304. The molecular formula is C24H28F2N6O. The first kappa shape index (κ1) is 22.8. The van der Waals surface area contributed by atoms with Gasteiger partial charge in [0.15, 0.2) is 0 Å². The first-order valence-electron chi connectivity index (χ1n) is 11.1. The highest BCUT2D eigenvalue weighted by molar-refractivity contribution is 5.78. The van der Waals surface area contributed by atoms with Crippen LogP contribution >= 0.6 is 0 Å². The van der Waals surface area contributed by atoms with Crippen molar-refractivity contribution < 1.29 is 13.6 Å². The number of halogens is 2. The van der Waals surface area contributed by atoms with Crippen molar-refractivity contribution in [1.82, 2.24) is 25.1 Å². The fraction of sp³-hybridized carbons (Fsp3) is 0.417. The fourth-order valence-electron chi connectivity index (χ4n) is 4.21. The lowest BCUT2D eigenvalue weighted by molar-refractivity contribution is -0.126. The van der Waals surface area contributed by atoms with Gasteiger partial charge in [0.05, 0.1) is 17.6 Å². The minimum Gasteiger partial charge on any atom is -0.352 e. The van der Waals surface area contributed by atoms with E-state index in [0.717, 1.165) is 28.1 Å². The molecule has 0 radical (unpaired) electrons. The molecule has 9 heteroatoms. The molecule has 1 aliphatic rings. The zero-order valence-electron chi connectivity index (χ0n) is 18.8. The molecule has 2 aromatic heterocycles. The smallest absolute Gasteiger partial charge is 0.241 e. The average molecular weight is 455 g/mol. The number of alkyl halides is 2. The zero-order chi connectivity index (χ0) is 23.4. The minimum absolute atomic E-state index is 0.0480. The van der Waals surface area contributed by atoms with E-state index in [4.69, 9.17) is 0 Å². The third kappa shape index (κ3) is 5.71. The van der Waals surface area contributed by atoms with Crippen molar-refractivity contribution in [3.63, 3.8) is 0 Å². The molecule has 0 unspecified atom stereocenters. The van der Waals surface area contributed by atoms with Crippen molar-refractivity contribution in [3.05, 3.63) is 54.0 Å². The SMILES string of the molecule is Cc1cc(-c2ccnc(Nc3cnn(C)c3)n2)ccc1CNC(=O)C1CCC(C(F)F)CC1. The zero-order valence-corrected chi connectivity index (χ0v) is 18.8. The first-order chi connectivity index (χ1) is 15.9. The van der Waals surface area contributed by atoms with Crippen LogP contribution in [0, 0.1) is 18.8 Å². The number of rotatable bonds is 7. The Hall–Kier alpha value is -3.36. The van der Waals surface area contributed by atoms with E-state index in [-0.39, 0.29) is 11.8 Å². The van der Waals surface area contributed by atoms with E-state index in [0.29, 0.717) is 38.2 Å². The third-order valence-corrected chi connectivity index (χ3v) is 6.21. The molecule has 1 aromatic carbocycles. The molecule has 2 heterocycles. The Bertz CT molecular complexity index is 1110. The maximum Gasteiger partial charge on any atom is 0.241 e. The molecule has 1 saturated carbocycles. The van der Waals surface area contributed by atoms with Crippen LogP contribution in [0.25, 0.3) is 11.3 Å². The Morgan fingerprint density at radius 3 is 2.67 bits per heavy atom. The van der Waals surface area contributed by atoms with E-state index in [2.05, 4.69) is 25.7 Å². The lowest BCUT2D eigenvalue weighted by Crippen LogP contribution is -2.34. The Labute approximate surface area is 191 Å². The van der Waals surface area contributed by atoms with Gasteiger partial charge >= 0.3 is 0 Å². The first-order valence-corrected chi connectivity index (χ1v) is 11.1. The van der Waals surface area contributed by atoms with Crippen LogP contribution in [0.4, 0.5) is 20.4 Å². The third-order valence-electron chi connectivity index (χ3n) is 6.21. The molecule has 1 amide bonds. The van der Waals surface area contributed by atoms with Crippen molar-refractivity contribution in [2.45, 2.75) is 45.6 Å². The topological polar surface area (TPSA) is 84.7 Å². The van der Waals surface area contributed by atoms with Crippen LogP contribution in [0.3, 0.4) is 0 Å². The van der Waals surface area contributed by atoms with Crippen LogP contribution in [0.5, 0.6) is 0 Å². The summed E-state index contributed by atoms with van der Waals surface area (Å²) in [6.07, 6.45) is 4.85. The second-order valence-electron chi connectivity index (χ2n) is 8.60. The summed E-state index contributed by atoms with van der Waals surface area (Å²) in [5.41, 5.74) is 4.58. The number of aryl methyl sites for hydroxylation is 2. The predicted octanol–water partition coefficient (Wildman–Crippen LogP) is 4.62. The Balaban J connectivity index is 1.36. The Morgan fingerprint density at radius 2 is 2.00 bits per heavy atom. The summed E-state index contributed by atoms with van der Waals surface area (Å²) in [5, 5.41) is 10.2. The quantitative estimate of drug-likeness (QED) is 0.544. The highest BCUT2D eigenvalue weighted by atomic mass is 19.3. The summed E-state index contributed by atoms with van der Waals surface area (Å²) >= 11 is 0. The number of carbonyl (C=O) groups is 1. The molecule has 0 saturated heterocycles. The number of carbonyl (C=O) groups excluding carboxylic acids is 1. The van der Waals surface area contributed by atoms with Gasteiger partial charge in [-0.25, -0.2) is 18.7 Å². The van der Waals surface area contributed by atoms with Crippen molar-refractivity contribution in [1.29, 1.82) is 0 Å². The molecule has 1 aliphatic carbocycles. The van der Waals surface area contributed by atoms with Crippen LogP contribution in [0.2, 0.25) is 0 Å². The molecule has 3 aromatic rings. The molecule has 0 bridgehead atoms. The summed E-state index contributed by atoms with van der Waals surface area (Å²) < 4.78 is 27.3. The number of hydrogen-bond donors (Lipinski definition) is 2. The fourth-order valence-corrected chi connectivity index (χ4v) is 4.21. The molecule has 2 N–H and O–H groups in total. The molecular weight excluding hydrogens is 426 g/mol. The van der Waals surface area contributed by atoms with Crippen LogP contribution in [0.1, 0.15) is 36.8 Å². The second-order valence-corrected chi connectivity index (χ2v) is 8.60. The average Bonchev–Trinajstić information content (AvgIpc) is 3.22. The molecule has 0 atom stereocenters. The van der Waals surface area contributed by atoms with Gasteiger partial charge in [-0.15, -0.1) is 0 Å². The van der Waals surface area contributed by atoms with Crippen LogP contribution < -0.4 is 10.6 Å². The maximum absolute atomic E-state index is 12.8. The van der Waals surface area contributed by atoms with Crippen LogP contribution in [0.15, 0.2) is 42.9 Å². The van der Waals surface area contributed by atoms with Gasteiger partial charge in [0.2, 0.25) is 18.3 Å². The normalized spacial score (nSPS) is 18.3. The van der Waals surface area contributed by atoms with Gasteiger partial charge in [-0.3, -0.25) is 9.48 Å². The minimum atomic E-state index is -2.28. The van der Waals surface area contributed by atoms with E-state index < -0.39 is 12.3 Å². The van der Waals surface area contributed by atoms with E-state index in [9.17, 15) is 13.6 Å². The molecule has 0 spiro atoms. The van der Waals surface area contributed by atoms with Gasteiger partial charge in [0, 0.05) is 43.4 Å². The van der Waals surface area contributed by atoms with E-state index in [1.807, 2.05) is 44.4 Å². The van der Waals surface area contributed by atoms with Crippen LogP contribution in [-0.4, -0.2) is 32.1 Å². The Kier molecular flexibility index (Phi) is 6.96. The number of amides is 1. The summed E-state index contributed by atoms with van der Waals surface area (Å²) in [6.45, 7) is 2.41. The van der Waals surface area contributed by atoms with Crippen molar-refractivity contribution >= 4 is 17.5 Å². The van der Waals surface area contributed by atoms with Crippen molar-refractivity contribution in [2.24, 2.45) is 18.9 Å². The van der Waals surface area contributed by atoms with Gasteiger partial charge in [0.1, 0.15) is 0 Å². The standard InChI is InChI=1S/C24H28F2N6O/c1-15-11-18(21-9-10-27-24(31-21)30-20-13-29-32(2)14-20)7-8-19(15)12-28-23(33)17-5-3-16(4-6-17)22(25)26/h7-11,13-14,16-17,22H,3-6,12H2,1-2H3,(H,28,33)(H,27,30,31). The lowest BCUT2D eigenvalue weighted by Gasteiger charge is -2.27. The van der Waals surface area contributed by atoms with E-state index >= 15 is 0 Å². The molecule has 0 aliphatic heterocycles. The van der Waals surface area contributed by atoms with Gasteiger partial charge in [-0.05, 0) is 55.9 Å². The molecule has 174 valence electrons. The van der Waals surface area contributed by atoms with Crippen LogP contribution in [-0.2, 0) is 18.4 Å². The van der Waals surface area contributed by atoms with E-state index in [1.54, 1.807) is 17.1 Å². The van der Waals surface area contributed by atoms with Gasteiger partial charge in [-0.1, -0.05) is 12.1 Å². The Morgan fingerprint density at radius 1 is 1.21 bits per heavy atom. The van der Waals surface area contributed by atoms with Gasteiger partial charge < -0.3 is 10.6 Å². The number of nitrogens with one attached hydrogen (secondary N) is 2. The number of aromatic nitrogens is 4. The maximum atomic E-state index is 12.8. The number of anilines is 2. The largest absolute Gasteiger partial charge is 0.352 e. The van der Waals surface area contributed by atoms with Gasteiger partial charge in [0.25, 0.3) is 0 Å². The van der Waals surface area contributed by atoms with Crippen molar-refractivity contribution in [3.8, 4) is 11.3 Å². The van der Waals surface area contributed by atoms with Crippen molar-refractivity contribution in [2.75, 3.05) is 5.32 Å². The highest BCUT2D eigenvalue weighted by Gasteiger charge is 2.30. The second kappa shape index (κ2) is 10.1. The molecule has 1 fully saturated rings. The number of hydrogen-bond acceptors (Lipinski definition) is 5. The summed E-state index contributed by atoms with van der Waals surface area (Å²) in [7, 11) is 1.84. The van der Waals surface area contributed by atoms with E-state index in [1.165, 1.54) is 0 Å². The lowest BCUT2D eigenvalue weighted by atomic mass is 9.82. The van der Waals surface area contributed by atoms with Gasteiger partial charge in [-0.2, -0.15) is 5.10 Å². The summed E-state index contributed by atoms with van der Waals surface area (Å²) in [6, 6.07) is 7.83.